The van der Waals surface area contributed by atoms with Crippen molar-refractivity contribution in [2.24, 2.45) is 0 Å². The van der Waals surface area contributed by atoms with Gasteiger partial charge in [0.25, 0.3) is 34.7 Å². The van der Waals surface area contributed by atoms with E-state index in [0.717, 1.165) is 34.1 Å². The van der Waals surface area contributed by atoms with E-state index in [1.165, 1.54) is 36.8 Å². The summed E-state index contributed by atoms with van der Waals surface area (Å²) in [6.45, 7) is 6.88. The normalized spacial score (nSPS) is 17.7. The number of hydrogen-bond donors (Lipinski definition) is 12. The molecular weight excluding hydrogens is 1650 g/mol. The number of aliphatic hydroxyl groups is 2. The summed E-state index contributed by atoms with van der Waals surface area (Å²) < 4.78 is 25.0. The van der Waals surface area contributed by atoms with Crippen molar-refractivity contribution in [1.82, 2.24) is 91.9 Å². The second-order valence-electron chi connectivity index (χ2n) is 31.6. The lowest BCUT2D eigenvalue weighted by Crippen LogP contribution is -2.66. The zero-order valence-electron chi connectivity index (χ0n) is 70.6. The highest BCUT2D eigenvalue weighted by Gasteiger charge is 2.48. The number of carbonyl (C=O) groups is 16. The lowest BCUT2D eigenvalue weighted by molar-refractivity contribution is -0.172. The zero-order valence-corrected chi connectivity index (χ0v) is 70.6. The summed E-state index contributed by atoms with van der Waals surface area (Å²) in [5.41, 5.74) is 0.801. The molecule has 0 unspecified atom stereocenters. The van der Waals surface area contributed by atoms with Crippen LogP contribution in [-0.4, -0.2) is 248 Å². The molecule has 6 aliphatic rings. The van der Waals surface area contributed by atoms with Crippen LogP contribution in [0.2, 0.25) is 0 Å². The maximum atomic E-state index is 14.7. The molecule has 10 heterocycles. The van der Waals surface area contributed by atoms with E-state index in [4.69, 9.17) is 28.9 Å². The summed E-state index contributed by atoms with van der Waals surface area (Å²) >= 11 is 0. The molecule has 0 aliphatic carbocycles. The molecule has 0 saturated heterocycles. The molecule has 8 atom stereocenters. The fraction of sp³-hybridized carbons (Fsp3) is 0.429. The van der Waals surface area contributed by atoms with Gasteiger partial charge in [-0.15, -0.1) is 0 Å². The van der Waals surface area contributed by atoms with Crippen LogP contribution in [0.3, 0.4) is 0 Å². The third kappa shape index (κ3) is 19.3. The van der Waals surface area contributed by atoms with E-state index < -0.39 is 166 Å². The minimum absolute atomic E-state index is 0.0366. The van der Waals surface area contributed by atoms with Gasteiger partial charge in [0, 0.05) is 134 Å². The average Bonchev–Trinajstić information content (AvgIpc) is 1.48. The van der Waals surface area contributed by atoms with Crippen LogP contribution in [-0.2, 0) is 127 Å². The van der Waals surface area contributed by atoms with Crippen molar-refractivity contribution in [2.75, 3.05) is 67.5 Å². The van der Waals surface area contributed by atoms with Crippen molar-refractivity contribution < 1.29 is 106 Å². The standard InChI is InChI=1S/C84H96N18O24/c1-11-83(121)53-33-57-67-45(35-101(57)77(115)51(53)39-123-79(83)117)31-47-49(37-97(7)8)59(19-17-55(47)93-67)125-81(119)87-27-25-85-71(109)41(3)89-73(111)43(5)91-75(113)69(95-61(103)15-13-29-99-63(105)21-22-64(99)106)70(96-62(104)16-14-30-100-65(107)23-24-66(100)108)76(114)92-44(6)74(112)90-42(4)72(110)86-26-28-88-82(120)126-60-20-18-56-48(50(60)38-98(9)10)32-46-36-102-58(68(46)94-56)34-54-52(78(102)116)40-124-80(118)84(54,122)12-2/h17-24,31-34,41-44,69-70,121-122H,11-16,25-30,35-40H2,1-10H3,(H,85,109)(H,86,110)(H,87,119)(H,88,120)(H,89,111)(H,90,112)(H,91,113)(H,92,114)(H,95,103)(H,96,104)/t41-,42-,43-,44-,69-,70-,83-,84-/m0/s1. The van der Waals surface area contributed by atoms with Crippen molar-refractivity contribution in [3.63, 3.8) is 0 Å². The molecule has 42 heteroatoms. The number of nitrogens with one attached hydrogen (secondary N) is 10. The highest BCUT2D eigenvalue weighted by atomic mass is 16.6. The van der Waals surface area contributed by atoms with Crippen molar-refractivity contribution >= 4 is 117 Å². The molecule has 4 aromatic heterocycles. The van der Waals surface area contributed by atoms with Gasteiger partial charge in [-0.25, -0.2) is 29.1 Å². The van der Waals surface area contributed by atoms with Crippen LogP contribution in [0.25, 0.3) is 44.6 Å². The monoisotopic (exact) mass is 1740 g/mol. The third-order valence-electron chi connectivity index (χ3n) is 22.2. The first-order valence-corrected chi connectivity index (χ1v) is 40.7. The Morgan fingerprint density at radius 2 is 0.810 bits per heavy atom. The molecule has 42 nitrogen and oxygen atoms in total. The molecule has 6 aliphatic heterocycles. The predicted octanol–water partition coefficient (Wildman–Crippen LogP) is -1.90. The molecule has 0 fully saturated rings. The summed E-state index contributed by atoms with van der Waals surface area (Å²) in [6.07, 6.45) is 0.724. The number of fused-ring (bicyclic) bond motifs is 10. The van der Waals surface area contributed by atoms with Gasteiger partial charge in [-0.1, -0.05) is 13.8 Å². The Labute approximate surface area is 718 Å². The summed E-state index contributed by atoms with van der Waals surface area (Å²) in [6, 6.07) is 2.92. The Hall–Kier alpha value is -14.0. The van der Waals surface area contributed by atoms with Gasteiger partial charge in [0.05, 0.1) is 58.0 Å². The fourth-order valence-corrected chi connectivity index (χ4v) is 15.3. The van der Waals surface area contributed by atoms with Crippen LogP contribution in [0, 0.1) is 0 Å². The SMILES string of the molecule is CC[C@@]1(O)C(=O)OCc2c1cc1n(c2=O)Cc2cc3c(CN(C)C)c(OC(=O)NCCNC(=O)[C@H](C)NC(=O)[C@H](C)NC(=O)[C@@H](NC(=O)CCCN4C(=O)C=CC4=O)[C@H](NC(=O)CCCN4C(=O)C=CC4=O)C(=O)N[C@@H](C)C(=O)N[C@@H](C)C(=O)NCCNC(=O)Oc4ccc5nc6c(cc5c4CN(C)C)Cn4c-6cc5c(c4=O)COC(=O)[C@]5(O)CC)ccc3nc2-1. The fourth-order valence-electron chi connectivity index (χ4n) is 15.3. The molecule has 0 bridgehead atoms. The maximum absolute atomic E-state index is 14.7. The van der Waals surface area contributed by atoms with E-state index in [1.807, 2.05) is 21.9 Å². The predicted molar refractivity (Wildman–Crippen MR) is 442 cm³/mol. The van der Waals surface area contributed by atoms with Gasteiger partial charge in [-0.3, -0.25) is 76.9 Å². The molecule has 126 heavy (non-hydrogen) atoms. The summed E-state index contributed by atoms with van der Waals surface area (Å²) in [4.78, 5) is 257. The Morgan fingerprint density at radius 1 is 0.468 bits per heavy atom. The number of imide groups is 2. The zero-order chi connectivity index (χ0) is 91.2. The van der Waals surface area contributed by atoms with Crippen molar-refractivity contribution in [1.29, 1.82) is 0 Å². The van der Waals surface area contributed by atoms with Gasteiger partial charge in [0.2, 0.25) is 47.3 Å². The van der Waals surface area contributed by atoms with Crippen LogP contribution in [0.1, 0.15) is 125 Å². The number of cyclic esters (lactones) is 2. The smallest absolute Gasteiger partial charge is 0.412 e. The van der Waals surface area contributed by atoms with Crippen LogP contribution < -0.4 is 73.8 Å². The van der Waals surface area contributed by atoms with E-state index >= 15 is 0 Å². The molecular formula is C84H96N18O24. The van der Waals surface area contributed by atoms with Crippen molar-refractivity contribution in [2.45, 2.75) is 167 Å². The minimum Gasteiger partial charge on any atom is -0.458 e. The average molecular weight is 1740 g/mol. The van der Waals surface area contributed by atoms with E-state index in [-0.39, 0.29) is 138 Å². The third-order valence-corrected chi connectivity index (χ3v) is 22.2. The number of aromatic nitrogens is 4. The number of esters is 2. The van der Waals surface area contributed by atoms with E-state index in [9.17, 15) is 96.5 Å². The van der Waals surface area contributed by atoms with Crippen LogP contribution >= 0.6 is 0 Å². The Kier molecular flexibility index (Phi) is 27.5. The number of ether oxygens (including phenoxy) is 4. The molecule has 12 rings (SSSR count). The second-order valence-corrected chi connectivity index (χ2v) is 31.6. The molecule has 6 aromatic rings. The van der Waals surface area contributed by atoms with Crippen molar-refractivity contribution in [3.05, 3.63) is 138 Å². The summed E-state index contributed by atoms with van der Waals surface area (Å²) in [5, 5.41) is 48.5. The quantitative estimate of drug-likeness (QED) is 0.0117. The first-order chi connectivity index (χ1) is 59.8. The molecule has 2 aromatic carbocycles. The highest BCUT2D eigenvalue weighted by Crippen LogP contribution is 2.43. The lowest BCUT2D eigenvalue weighted by Gasteiger charge is -2.31. The number of hydrogen-bond acceptors (Lipinski definition) is 28. The van der Waals surface area contributed by atoms with Gasteiger partial charge >= 0.3 is 24.1 Å². The number of carbonyl (C=O) groups excluding carboxylic acids is 16. The first-order valence-electron chi connectivity index (χ1n) is 40.7. The van der Waals surface area contributed by atoms with Crippen molar-refractivity contribution in [3.8, 4) is 34.3 Å². The lowest BCUT2D eigenvalue weighted by atomic mass is 9.86. The number of nitrogens with zero attached hydrogens (tertiary/aromatic N) is 8. The van der Waals surface area contributed by atoms with E-state index in [0.29, 0.717) is 66.8 Å². The molecule has 14 amide bonds. The second kappa shape index (κ2) is 38.0. The number of rotatable bonds is 35. The van der Waals surface area contributed by atoms with Gasteiger partial charge in [-0.2, -0.15) is 0 Å². The van der Waals surface area contributed by atoms with Gasteiger partial charge < -0.3 is 101 Å². The highest BCUT2D eigenvalue weighted by molar-refractivity contribution is 6.14. The molecule has 0 radical (unpaired) electrons. The van der Waals surface area contributed by atoms with Crippen LogP contribution in [0.5, 0.6) is 11.5 Å². The van der Waals surface area contributed by atoms with E-state index in [2.05, 4.69) is 53.2 Å². The summed E-state index contributed by atoms with van der Waals surface area (Å²) in [5.74, 6) is -12.3. The number of benzene rings is 2. The Bertz CT molecular complexity index is 5380. The topological polar surface area (TPSA) is 554 Å². The largest absolute Gasteiger partial charge is 0.458 e. The Balaban J connectivity index is 0.658. The van der Waals surface area contributed by atoms with Gasteiger partial charge in [0.1, 0.15) is 61.0 Å². The molecule has 666 valence electrons. The van der Waals surface area contributed by atoms with Crippen LogP contribution in [0.15, 0.2) is 82.4 Å². The van der Waals surface area contributed by atoms with Gasteiger partial charge in [-0.05, 0) is 130 Å². The number of pyridine rings is 4. The van der Waals surface area contributed by atoms with E-state index in [1.54, 1.807) is 78.4 Å². The Morgan fingerprint density at radius 3 is 1.16 bits per heavy atom. The first kappa shape index (κ1) is 91.2. The van der Waals surface area contributed by atoms with Gasteiger partial charge in [0.15, 0.2) is 11.2 Å². The maximum Gasteiger partial charge on any atom is 0.412 e. The molecule has 12 N–H and O–H groups in total. The minimum atomic E-state index is -2.19. The van der Waals surface area contributed by atoms with Crippen LogP contribution in [0.4, 0.5) is 9.59 Å². The summed E-state index contributed by atoms with van der Waals surface area (Å²) in [7, 11) is 7.20. The molecule has 0 spiro atoms. The molecule has 0 saturated carbocycles. The number of amides is 14.